The Hall–Kier alpha value is -2.19. The first-order valence-electron chi connectivity index (χ1n) is 9.79. The van der Waals surface area contributed by atoms with E-state index in [1.165, 1.54) is 7.11 Å². The predicted octanol–water partition coefficient (Wildman–Crippen LogP) is 1.79. The molecule has 0 saturated carbocycles. The molecule has 1 heterocycles. The second kappa shape index (κ2) is 13.1. The van der Waals surface area contributed by atoms with Gasteiger partial charge in [-0.15, -0.1) is 0 Å². The lowest BCUT2D eigenvalue weighted by molar-refractivity contribution is -0.151. The summed E-state index contributed by atoms with van der Waals surface area (Å²) in [4.78, 5) is 36.2. The first-order valence-corrected chi connectivity index (χ1v) is 9.79. The molecule has 29 heavy (non-hydrogen) atoms. The number of esters is 2. The SMILES string of the molecule is CO[C@H]1COC(=O)C/C=C/[C@H](C)[C@@H](OC)COC(=O)[C@@H](C)NC(=O)C/C=C/[C@@H]1C. The van der Waals surface area contributed by atoms with Gasteiger partial charge in [0.05, 0.1) is 18.6 Å². The molecular formula is C21H33NO7. The molecule has 0 fully saturated rings. The fraction of sp³-hybridized carbons (Fsp3) is 0.667. The van der Waals surface area contributed by atoms with Crippen LogP contribution >= 0.6 is 0 Å². The maximum absolute atomic E-state index is 12.1. The molecule has 0 aromatic carbocycles. The summed E-state index contributed by atoms with van der Waals surface area (Å²) >= 11 is 0. The number of cyclic esters (lactones) is 2. The number of hydrogen-bond donors (Lipinski definition) is 1. The number of amides is 1. The Morgan fingerprint density at radius 3 is 1.93 bits per heavy atom. The first kappa shape index (κ1) is 24.8. The van der Waals surface area contributed by atoms with E-state index in [-0.39, 0.29) is 62.0 Å². The highest BCUT2D eigenvalue weighted by Gasteiger charge is 2.22. The van der Waals surface area contributed by atoms with Crippen LogP contribution in [0.1, 0.15) is 33.6 Å². The molecule has 1 aliphatic heterocycles. The molecule has 5 atom stereocenters. The number of nitrogens with one attached hydrogen (secondary N) is 1. The summed E-state index contributed by atoms with van der Waals surface area (Å²) in [7, 11) is 3.07. The second-order valence-electron chi connectivity index (χ2n) is 7.13. The lowest BCUT2D eigenvalue weighted by Crippen LogP contribution is -2.40. The Balaban J connectivity index is 2.90. The number of ether oxygens (including phenoxy) is 4. The minimum absolute atomic E-state index is 0.0401. The van der Waals surface area contributed by atoms with Gasteiger partial charge in [0.1, 0.15) is 19.3 Å². The number of methoxy groups -OCH3 is 2. The molecule has 0 saturated heterocycles. The van der Waals surface area contributed by atoms with Gasteiger partial charge in [-0.25, -0.2) is 4.79 Å². The quantitative estimate of drug-likeness (QED) is 0.546. The van der Waals surface area contributed by atoms with Crippen molar-refractivity contribution < 1.29 is 33.3 Å². The van der Waals surface area contributed by atoms with Crippen LogP contribution in [0.15, 0.2) is 24.3 Å². The predicted molar refractivity (Wildman–Crippen MR) is 107 cm³/mol. The molecule has 1 N–H and O–H groups in total. The summed E-state index contributed by atoms with van der Waals surface area (Å²) in [6.45, 7) is 5.54. The van der Waals surface area contributed by atoms with Crippen molar-refractivity contribution in [2.24, 2.45) is 11.8 Å². The Morgan fingerprint density at radius 2 is 1.38 bits per heavy atom. The average molecular weight is 411 g/mol. The molecule has 0 unspecified atom stereocenters. The molecular weight excluding hydrogens is 378 g/mol. The van der Waals surface area contributed by atoms with Crippen molar-refractivity contribution in [1.29, 1.82) is 0 Å². The van der Waals surface area contributed by atoms with Crippen molar-refractivity contribution in [3.63, 3.8) is 0 Å². The zero-order chi connectivity index (χ0) is 21.8. The van der Waals surface area contributed by atoms with Crippen LogP contribution in [0.4, 0.5) is 0 Å². The van der Waals surface area contributed by atoms with E-state index in [9.17, 15) is 14.4 Å². The molecule has 164 valence electrons. The van der Waals surface area contributed by atoms with E-state index < -0.39 is 12.0 Å². The second-order valence-corrected chi connectivity index (χ2v) is 7.13. The van der Waals surface area contributed by atoms with E-state index in [0.29, 0.717) is 0 Å². The number of carbonyl (C=O) groups excluding carboxylic acids is 3. The van der Waals surface area contributed by atoms with Gasteiger partial charge >= 0.3 is 11.9 Å². The highest BCUT2D eigenvalue weighted by atomic mass is 16.6. The van der Waals surface area contributed by atoms with Gasteiger partial charge in [0.25, 0.3) is 0 Å². The number of hydrogen-bond acceptors (Lipinski definition) is 7. The van der Waals surface area contributed by atoms with Crippen molar-refractivity contribution >= 4 is 17.8 Å². The van der Waals surface area contributed by atoms with Crippen LogP contribution < -0.4 is 5.32 Å². The average Bonchev–Trinajstić information content (AvgIpc) is 2.67. The molecule has 0 aromatic heterocycles. The first-order chi connectivity index (χ1) is 13.8. The van der Waals surface area contributed by atoms with Crippen molar-refractivity contribution in [3.05, 3.63) is 24.3 Å². The highest BCUT2D eigenvalue weighted by Crippen LogP contribution is 2.12. The Labute approximate surface area is 172 Å². The van der Waals surface area contributed by atoms with Gasteiger partial charge in [0, 0.05) is 32.5 Å². The van der Waals surface area contributed by atoms with E-state index in [1.807, 2.05) is 26.0 Å². The number of carbonyl (C=O) groups is 3. The molecule has 0 spiro atoms. The summed E-state index contributed by atoms with van der Waals surface area (Å²) in [5.74, 6) is -1.35. The molecule has 1 rings (SSSR count). The molecule has 1 amide bonds. The van der Waals surface area contributed by atoms with Gasteiger partial charge in [-0.3, -0.25) is 9.59 Å². The van der Waals surface area contributed by atoms with Crippen molar-refractivity contribution in [2.45, 2.75) is 51.9 Å². The minimum Gasteiger partial charge on any atom is -0.463 e. The maximum Gasteiger partial charge on any atom is 0.328 e. The Kier molecular flexibility index (Phi) is 11.2. The monoisotopic (exact) mass is 411 g/mol. The largest absolute Gasteiger partial charge is 0.463 e. The Bertz CT molecular complexity index is 602. The summed E-state index contributed by atoms with van der Waals surface area (Å²) in [5.41, 5.74) is 0. The van der Waals surface area contributed by atoms with Gasteiger partial charge in [-0.05, 0) is 6.92 Å². The third kappa shape index (κ3) is 9.23. The molecule has 0 aromatic rings. The maximum atomic E-state index is 12.1. The minimum atomic E-state index is -0.767. The van der Waals surface area contributed by atoms with Crippen LogP contribution in [0.25, 0.3) is 0 Å². The highest BCUT2D eigenvalue weighted by molar-refractivity contribution is 5.84. The van der Waals surface area contributed by atoms with E-state index in [1.54, 1.807) is 26.2 Å². The molecule has 8 heteroatoms. The standard InChI is InChI=1S/C21H33NO7/c1-14-8-6-10-19(23)22-16(3)21(25)29-13-18(27-5)15(2)9-7-11-20(24)28-12-17(14)26-4/h6-9,14-18H,10-13H2,1-5H3,(H,22,23)/b8-6+,9-7+/t14-,15-,16+,17-,18-/m0/s1. The normalized spacial score (nSPS) is 33.3. The van der Waals surface area contributed by atoms with E-state index >= 15 is 0 Å². The van der Waals surface area contributed by atoms with Crippen molar-refractivity contribution in [3.8, 4) is 0 Å². The van der Waals surface area contributed by atoms with Gasteiger partial charge in [0.15, 0.2) is 0 Å². The molecule has 0 bridgehead atoms. The topological polar surface area (TPSA) is 100 Å². The fourth-order valence-electron chi connectivity index (χ4n) is 2.77. The molecule has 0 radical (unpaired) electrons. The smallest absolute Gasteiger partial charge is 0.328 e. The van der Waals surface area contributed by atoms with E-state index in [4.69, 9.17) is 18.9 Å². The third-order valence-electron chi connectivity index (χ3n) is 4.77. The zero-order valence-electron chi connectivity index (χ0n) is 17.9. The number of rotatable bonds is 2. The van der Waals surface area contributed by atoms with Crippen molar-refractivity contribution in [2.75, 3.05) is 27.4 Å². The molecule has 8 nitrogen and oxygen atoms in total. The van der Waals surface area contributed by atoms with Gasteiger partial charge in [-0.2, -0.15) is 0 Å². The van der Waals surface area contributed by atoms with Crippen LogP contribution in [0.2, 0.25) is 0 Å². The van der Waals surface area contributed by atoms with Crippen LogP contribution in [0.3, 0.4) is 0 Å². The summed E-state index contributed by atoms with van der Waals surface area (Å²) in [6, 6.07) is -0.767. The van der Waals surface area contributed by atoms with E-state index in [0.717, 1.165) is 0 Å². The van der Waals surface area contributed by atoms with Gasteiger partial charge < -0.3 is 24.3 Å². The summed E-state index contributed by atoms with van der Waals surface area (Å²) in [6.07, 6.45) is 6.59. The summed E-state index contributed by atoms with van der Waals surface area (Å²) in [5, 5.41) is 2.61. The van der Waals surface area contributed by atoms with Crippen LogP contribution in [0, 0.1) is 11.8 Å². The van der Waals surface area contributed by atoms with Crippen LogP contribution in [-0.4, -0.2) is 63.5 Å². The van der Waals surface area contributed by atoms with Crippen LogP contribution in [0.5, 0.6) is 0 Å². The van der Waals surface area contributed by atoms with E-state index in [2.05, 4.69) is 5.32 Å². The lowest BCUT2D eigenvalue weighted by Gasteiger charge is -2.21. The van der Waals surface area contributed by atoms with Crippen LogP contribution in [-0.2, 0) is 33.3 Å². The molecule has 1 aliphatic rings. The van der Waals surface area contributed by atoms with Crippen molar-refractivity contribution in [1.82, 2.24) is 5.32 Å². The van der Waals surface area contributed by atoms with Gasteiger partial charge in [0.2, 0.25) is 5.91 Å². The Morgan fingerprint density at radius 1 is 0.862 bits per heavy atom. The van der Waals surface area contributed by atoms with Gasteiger partial charge in [-0.1, -0.05) is 38.2 Å². The fourth-order valence-corrected chi connectivity index (χ4v) is 2.77. The molecule has 0 aliphatic carbocycles. The lowest BCUT2D eigenvalue weighted by atomic mass is 10.0. The zero-order valence-corrected chi connectivity index (χ0v) is 17.9. The summed E-state index contributed by atoms with van der Waals surface area (Å²) < 4.78 is 21.3. The third-order valence-corrected chi connectivity index (χ3v) is 4.77.